The zero-order valence-corrected chi connectivity index (χ0v) is 16.3. The second kappa shape index (κ2) is 9.33. The molecule has 1 atom stereocenters. The molecule has 0 saturated carbocycles. The average Bonchev–Trinajstić information content (AvgIpc) is 3.10. The molecule has 1 amide bonds. The number of hydrogen-bond donors (Lipinski definition) is 2. The lowest BCUT2D eigenvalue weighted by Gasteiger charge is -2.20. The number of carbonyl (C=O) groups excluding carboxylic acids is 1. The van der Waals surface area contributed by atoms with Gasteiger partial charge in [0.2, 0.25) is 5.91 Å². The third-order valence-electron chi connectivity index (χ3n) is 4.66. The van der Waals surface area contributed by atoms with E-state index in [0.29, 0.717) is 18.1 Å². The molecule has 0 spiro atoms. The van der Waals surface area contributed by atoms with E-state index in [1.54, 1.807) is 0 Å². The van der Waals surface area contributed by atoms with E-state index in [2.05, 4.69) is 41.5 Å². The summed E-state index contributed by atoms with van der Waals surface area (Å²) >= 11 is 1.45. The van der Waals surface area contributed by atoms with Crippen LogP contribution in [0, 0.1) is 6.92 Å². The molecule has 0 aliphatic heterocycles. The van der Waals surface area contributed by atoms with E-state index in [4.69, 9.17) is 5.73 Å². The Bertz CT molecular complexity index is 876. The van der Waals surface area contributed by atoms with Crippen molar-refractivity contribution in [1.29, 1.82) is 0 Å². The van der Waals surface area contributed by atoms with Crippen molar-refractivity contribution in [2.75, 3.05) is 12.3 Å². The van der Waals surface area contributed by atoms with Gasteiger partial charge < -0.3 is 11.1 Å². The first-order valence-electron chi connectivity index (χ1n) is 9.20. The van der Waals surface area contributed by atoms with E-state index < -0.39 is 0 Å². The van der Waals surface area contributed by atoms with Crippen LogP contribution in [0.1, 0.15) is 41.1 Å². The van der Waals surface area contributed by atoms with Crippen LogP contribution in [0.2, 0.25) is 0 Å². The number of nitrogen functional groups attached to an aromatic ring is 1. The first-order chi connectivity index (χ1) is 13.1. The molecule has 3 N–H and O–H groups in total. The van der Waals surface area contributed by atoms with Crippen molar-refractivity contribution in [3.8, 4) is 0 Å². The van der Waals surface area contributed by atoms with Gasteiger partial charge in [-0.25, -0.2) is 4.98 Å². The second-order valence-electron chi connectivity index (χ2n) is 6.65. The van der Waals surface area contributed by atoms with E-state index >= 15 is 0 Å². The number of aryl methyl sites for hydroxylation is 2. The number of carbonyl (C=O) groups is 1. The number of aromatic nitrogens is 1. The van der Waals surface area contributed by atoms with Crippen molar-refractivity contribution < 1.29 is 4.79 Å². The summed E-state index contributed by atoms with van der Waals surface area (Å²) in [4.78, 5) is 16.8. The van der Waals surface area contributed by atoms with Crippen molar-refractivity contribution in [1.82, 2.24) is 10.3 Å². The molecule has 3 aromatic rings. The van der Waals surface area contributed by atoms with E-state index in [-0.39, 0.29) is 11.8 Å². The molecule has 140 valence electrons. The SMILES string of the molecule is Cc1ccccc1C(CC(=O)NCCCc1csc(N)n1)c1ccccc1. The molecule has 1 aromatic heterocycles. The Morgan fingerprint density at radius 1 is 1.15 bits per heavy atom. The Labute approximate surface area is 164 Å². The van der Waals surface area contributed by atoms with Crippen molar-refractivity contribution >= 4 is 22.4 Å². The zero-order chi connectivity index (χ0) is 19.1. The molecule has 0 fully saturated rings. The van der Waals surface area contributed by atoms with E-state index in [9.17, 15) is 4.79 Å². The lowest BCUT2D eigenvalue weighted by molar-refractivity contribution is -0.121. The van der Waals surface area contributed by atoms with Crippen LogP contribution in [-0.4, -0.2) is 17.4 Å². The summed E-state index contributed by atoms with van der Waals surface area (Å²) in [7, 11) is 0. The Hall–Kier alpha value is -2.66. The number of nitrogens with one attached hydrogen (secondary N) is 1. The Morgan fingerprint density at radius 3 is 2.59 bits per heavy atom. The molecule has 5 heteroatoms. The van der Waals surface area contributed by atoms with Crippen LogP contribution in [-0.2, 0) is 11.2 Å². The van der Waals surface area contributed by atoms with Crippen molar-refractivity contribution in [2.24, 2.45) is 0 Å². The molecule has 0 aliphatic rings. The predicted octanol–water partition coefficient (Wildman–Crippen LogP) is 4.30. The number of amides is 1. The van der Waals surface area contributed by atoms with Gasteiger partial charge in [-0.3, -0.25) is 4.79 Å². The van der Waals surface area contributed by atoms with Gasteiger partial charge in [-0.2, -0.15) is 0 Å². The van der Waals surface area contributed by atoms with Crippen molar-refractivity contribution in [2.45, 2.75) is 32.1 Å². The summed E-state index contributed by atoms with van der Waals surface area (Å²) in [6, 6.07) is 18.5. The molecule has 0 bridgehead atoms. The van der Waals surface area contributed by atoms with Crippen molar-refractivity contribution in [3.05, 3.63) is 82.4 Å². The quantitative estimate of drug-likeness (QED) is 0.573. The fraction of sp³-hybridized carbons (Fsp3) is 0.273. The van der Waals surface area contributed by atoms with Crippen LogP contribution in [0.5, 0.6) is 0 Å². The number of anilines is 1. The van der Waals surface area contributed by atoms with Gasteiger partial charge in [-0.1, -0.05) is 54.6 Å². The smallest absolute Gasteiger partial charge is 0.220 e. The molecule has 3 rings (SSSR count). The normalized spacial score (nSPS) is 11.9. The minimum absolute atomic E-state index is 0.0609. The van der Waals surface area contributed by atoms with Crippen LogP contribution in [0.4, 0.5) is 5.13 Å². The first kappa shape index (κ1) is 19.1. The molecule has 27 heavy (non-hydrogen) atoms. The topological polar surface area (TPSA) is 68.0 Å². The zero-order valence-electron chi connectivity index (χ0n) is 15.5. The van der Waals surface area contributed by atoms with Gasteiger partial charge in [0.05, 0.1) is 5.69 Å². The number of benzene rings is 2. The number of rotatable bonds is 8. The first-order valence-corrected chi connectivity index (χ1v) is 10.1. The molecule has 0 saturated heterocycles. The standard InChI is InChI=1S/C22H25N3OS/c1-16-8-5-6-12-19(16)20(17-9-3-2-4-10-17)14-21(26)24-13-7-11-18-15-27-22(23)25-18/h2-6,8-10,12,15,20H,7,11,13-14H2,1H3,(H2,23,25)(H,24,26). The largest absolute Gasteiger partial charge is 0.375 e. The Balaban J connectivity index is 1.60. The summed E-state index contributed by atoms with van der Waals surface area (Å²) in [6.07, 6.45) is 2.13. The molecule has 2 aromatic carbocycles. The van der Waals surface area contributed by atoms with Gasteiger partial charge >= 0.3 is 0 Å². The third-order valence-corrected chi connectivity index (χ3v) is 5.38. The molecule has 0 aliphatic carbocycles. The van der Waals surface area contributed by atoms with Crippen LogP contribution in [0.25, 0.3) is 0 Å². The third kappa shape index (κ3) is 5.41. The van der Waals surface area contributed by atoms with Gasteiger partial charge in [0.1, 0.15) is 0 Å². The highest BCUT2D eigenvalue weighted by Crippen LogP contribution is 2.30. The Morgan fingerprint density at radius 2 is 1.89 bits per heavy atom. The summed E-state index contributed by atoms with van der Waals surface area (Å²) in [6.45, 7) is 2.74. The van der Waals surface area contributed by atoms with Gasteiger partial charge in [-0.15, -0.1) is 11.3 Å². The monoisotopic (exact) mass is 379 g/mol. The summed E-state index contributed by atoms with van der Waals surface area (Å²) in [5.74, 6) is 0.135. The minimum Gasteiger partial charge on any atom is -0.375 e. The maximum Gasteiger partial charge on any atom is 0.220 e. The molecular weight excluding hydrogens is 354 g/mol. The van der Waals surface area contributed by atoms with Crippen LogP contribution in [0.15, 0.2) is 60.0 Å². The van der Waals surface area contributed by atoms with Crippen molar-refractivity contribution in [3.63, 3.8) is 0 Å². The highest BCUT2D eigenvalue weighted by molar-refractivity contribution is 7.13. The van der Waals surface area contributed by atoms with Gasteiger partial charge in [-0.05, 0) is 36.5 Å². The molecule has 1 unspecified atom stereocenters. The maximum absolute atomic E-state index is 12.6. The van der Waals surface area contributed by atoms with E-state index in [0.717, 1.165) is 18.5 Å². The van der Waals surface area contributed by atoms with E-state index in [1.807, 2.05) is 35.7 Å². The highest BCUT2D eigenvalue weighted by atomic mass is 32.1. The van der Waals surface area contributed by atoms with E-state index in [1.165, 1.54) is 28.0 Å². The molecule has 0 radical (unpaired) electrons. The average molecular weight is 380 g/mol. The van der Waals surface area contributed by atoms with Gasteiger partial charge in [0.15, 0.2) is 5.13 Å². The minimum atomic E-state index is 0.0609. The van der Waals surface area contributed by atoms with Crippen LogP contribution < -0.4 is 11.1 Å². The summed E-state index contributed by atoms with van der Waals surface area (Å²) in [5.41, 5.74) is 10.2. The number of nitrogens with zero attached hydrogens (tertiary/aromatic N) is 1. The Kier molecular flexibility index (Phi) is 6.60. The van der Waals surface area contributed by atoms with Gasteiger partial charge in [0, 0.05) is 24.3 Å². The summed E-state index contributed by atoms with van der Waals surface area (Å²) in [5, 5.41) is 5.62. The fourth-order valence-electron chi connectivity index (χ4n) is 3.26. The number of hydrogen-bond acceptors (Lipinski definition) is 4. The second-order valence-corrected chi connectivity index (χ2v) is 7.54. The highest BCUT2D eigenvalue weighted by Gasteiger charge is 2.19. The molecule has 4 nitrogen and oxygen atoms in total. The maximum atomic E-state index is 12.6. The number of nitrogens with two attached hydrogens (primary N) is 1. The lowest BCUT2D eigenvalue weighted by Crippen LogP contribution is -2.26. The van der Waals surface area contributed by atoms with Crippen LogP contribution >= 0.6 is 11.3 Å². The summed E-state index contributed by atoms with van der Waals surface area (Å²) < 4.78 is 0. The lowest BCUT2D eigenvalue weighted by atomic mass is 9.86. The fourth-order valence-corrected chi connectivity index (χ4v) is 3.86. The molecular formula is C22H25N3OS. The van der Waals surface area contributed by atoms with Gasteiger partial charge in [0.25, 0.3) is 0 Å². The number of thiazole rings is 1. The predicted molar refractivity (Wildman–Crippen MR) is 112 cm³/mol. The van der Waals surface area contributed by atoms with Crippen LogP contribution in [0.3, 0.4) is 0 Å². The molecule has 1 heterocycles.